The summed E-state index contributed by atoms with van der Waals surface area (Å²) in [5.41, 5.74) is 8.41. The molecule has 2 aromatic heterocycles. The van der Waals surface area contributed by atoms with Crippen molar-refractivity contribution in [1.82, 2.24) is 9.13 Å². The molecule has 7 aromatic carbocycles. The van der Waals surface area contributed by atoms with Crippen LogP contribution in [0.4, 0.5) is 8.78 Å². The van der Waals surface area contributed by atoms with Crippen LogP contribution in [0, 0.1) is 23.0 Å². The Morgan fingerprint density at radius 1 is 0.458 bits per heavy atom. The number of para-hydroxylation sites is 3. The molecule has 0 aliphatic rings. The minimum atomic E-state index is -0.682. The molecule has 0 radical (unpaired) electrons. The molecule has 0 atom stereocenters. The van der Waals surface area contributed by atoms with E-state index in [1.807, 2.05) is 22.8 Å². The van der Waals surface area contributed by atoms with E-state index in [1.165, 1.54) is 29.0 Å². The van der Waals surface area contributed by atoms with Crippen LogP contribution in [-0.4, -0.2) is 9.13 Å². The molecule has 9 rings (SSSR count). The molecule has 0 amide bonds. The molecule has 0 spiro atoms. The zero-order chi connectivity index (χ0) is 32.4. The Balaban J connectivity index is 1.21. The predicted octanol–water partition coefficient (Wildman–Crippen LogP) is 11.4. The van der Waals surface area contributed by atoms with Crippen LogP contribution >= 0.6 is 0 Å². The Morgan fingerprint density at radius 2 is 1.00 bits per heavy atom. The molecule has 9 aromatic rings. The highest BCUT2D eigenvalue weighted by atomic mass is 19.1. The maximum atomic E-state index is 15.2. The van der Waals surface area contributed by atoms with Crippen molar-refractivity contribution in [2.75, 3.05) is 0 Å². The average Bonchev–Trinajstić information content (AvgIpc) is 3.64. The van der Waals surface area contributed by atoms with E-state index in [-0.39, 0.29) is 5.56 Å². The molecule has 0 bridgehead atoms. The van der Waals surface area contributed by atoms with E-state index < -0.39 is 11.6 Å². The van der Waals surface area contributed by atoms with Crippen LogP contribution in [0.15, 0.2) is 152 Å². The third-order valence-electron chi connectivity index (χ3n) is 9.31. The quantitative estimate of drug-likeness (QED) is 0.192. The van der Waals surface area contributed by atoms with Gasteiger partial charge >= 0.3 is 0 Å². The van der Waals surface area contributed by atoms with Crippen molar-refractivity contribution in [3.8, 4) is 39.7 Å². The van der Waals surface area contributed by atoms with Crippen LogP contribution < -0.4 is 0 Å². The number of benzene rings is 7. The van der Waals surface area contributed by atoms with E-state index in [1.54, 1.807) is 18.2 Å². The molecule has 226 valence electrons. The van der Waals surface area contributed by atoms with Crippen molar-refractivity contribution in [1.29, 1.82) is 5.26 Å². The highest BCUT2D eigenvalue weighted by Gasteiger charge is 2.21. The van der Waals surface area contributed by atoms with Gasteiger partial charge < -0.3 is 9.13 Å². The monoisotopic (exact) mass is 621 g/mol. The maximum Gasteiger partial charge on any atom is 0.134 e. The smallest absolute Gasteiger partial charge is 0.134 e. The van der Waals surface area contributed by atoms with Crippen LogP contribution in [-0.2, 0) is 0 Å². The fourth-order valence-electron chi connectivity index (χ4n) is 7.17. The third kappa shape index (κ3) is 4.17. The van der Waals surface area contributed by atoms with Crippen molar-refractivity contribution in [3.63, 3.8) is 0 Å². The molecule has 5 heteroatoms. The second-order valence-electron chi connectivity index (χ2n) is 11.9. The van der Waals surface area contributed by atoms with Crippen molar-refractivity contribution >= 4 is 43.6 Å². The Labute approximate surface area is 274 Å². The van der Waals surface area contributed by atoms with Crippen molar-refractivity contribution < 1.29 is 8.78 Å². The van der Waals surface area contributed by atoms with Crippen LogP contribution in [0.1, 0.15) is 5.56 Å². The van der Waals surface area contributed by atoms with Gasteiger partial charge in [-0.15, -0.1) is 0 Å². The zero-order valence-corrected chi connectivity index (χ0v) is 25.5. The summed E-state index contributed by atoms with van der Waals surface area (Å²) in [7, 11) is 0. The lowest BCUT2D eigenvalue weighted by Crippen LogP contribution is -2.00. The Morgan fingerprint density at radius 3 is 1.62 bits per heavy atom. The number of nitrogens with zero attached hydrogens (tertiary/aromatic N) is 3. The molecule has 48 heavy (non-hydrogen) atoms. The van der Waals surface area contributed by atoms with Crippen LogP contribution in [0.2, 0.25) is 0 Å². The number of hydrogen-bond acceptors (Lipinski definition) is 1. The molecule has 3 nitrogen and oxygen atoms in total. The molecule has 0 unspecified atom stereocenters. The van der Waals surface area contributed by atoms with Gasteiger partial charge in [0.25, 0.3) is 0 Å². The minimum Gasteiger partial charge on any atom is -0.309 e. The van der Waals surface area contributed by atoms with Gasteiger partial charge in [0.05, 0.1) is 45.0 Å². The first-order valence-electron chi connectivity index (χ1n) is 15.7. The summed E-state index contributed by atoms with van der Waals surface area (Å²) in [6.45, 7) is 0. The first-order chi connectivity index (χ1) is 23.6. The number of nitriles is 1. The molecule has 0 saturated heterocycles. The third-order valence-corrected chi connectivity index (χ3v) is 9.31. The summed E-state index contributed by atoms with van der Waals surface area (Å²) in [4.78, 5) is 0. The molecule has 0 fully saturated rings. The highest BCUT2D eigenvalue weighted by molar-refractivity contribution is 6.11. The van der Waals surface area contributed by atoms with Crippen molar-refractivity contribution in [2.24, 2.45) is 0 Å². The van der Waals surface area contributed by atoms with E-state index >= 15 is 8.78 Å². The second-order valence-corrected chi connectivity index (χ2v) is 11.9. The van der Waals surface area contributed by atoms with E-state index in [0.717, 1.165) is 49.7 Å². The minimum absolute atomic E-state index is 0.157. The maximum absolute atomic E-state index is 15.2. The Kier molecular flexibility index (Phi) is 6.24. The largest absolute Gasteiger partial charge is 0.309 e. The summed E-state index contributed by atoms with van der Waals surface area (Å²) in [6, 6.07) is 50.9. The first kappa shape index (κ1) is 27.8. The van der Waals surface area contributed by atoms with Crippen molar-refractivity contribution in [2.45, 2.75) is 0 Å². The van der Waals surface area contributed by atoms with Crippen molar-refractivity contribution in [3.05, 3.63) is 169 Å². The van der Waals surface area contributed by atoms with Gasteiger partial charge in [0.1, 0.15) is 11.6 Å². The zero-order valence-electron chi connectivity index (χ0n) is 25.5. The van der Waals surface area contributed by atoms with Crippen LogP contribution in [0.5, 0.6) is 0 Å². The molecular formula is C43H25F2N3. The summed E-state index contributed by atoms with van der Waals surface area (Å²) in [5, 5.41) is 14.1. The fourth-order valence-corrected chi connectivity index (χ4v) is 7.17. The Hall–Kier alpha value is -6.51. The Bertz CT molecular complexity index is 2690. The number of fused-ring (bicyclic) bond motifs is 6. The molecule has 0 saturated carbocycles. The van der Waals surface area contributed by atoms with E-state index in [2.05, 4.69) is 108 Å². The lowest BCUT2D eigenvalue weighted by atomic mass is 9.99. The van der Waals surface area contributed by atoms with Gasteiger partial charge in [-0.1, -0.05) is 78.9 Å². The van der Waals surface area contributed by atoms with Gasteiger partial charge in [0.2, 0.25) is 0 Å². The molecule has 2 heterocycles. The van der Waals surface area contributed by atoms with E-state index in [4.69, 9.17) is 0 Å². The van der Waals surface area contributed by atoms with E-state index in [9.17, 15) is 5.26 Å². The van der Waals surface area contributed by atoms with E-state index in [0.29, 0.717) is 16.8 Å². The first-order valence-corrected chi connectivity index (χ1v) is 15.7. The number of rotatable bonds is 4. The standard InChI is InChI=1S/C43H25F2N3/c44-36-11-7-12-37(45)43(36)35-24-27(26-46)16-22-42(35)48-40-15-6-3-10-33(40)34-25-29(19-23-41(34)48)28-17-20-30(21-18-28)47-38-13-4-1-8-31(38)32-9-2-5-14-39(32)47/h1-25H. The van der Waals surface area contributed by atoms with Gasteiger partial charge in [-0.2, -0.15) is 5.26 Å². The summed E-state index contributed by atoms with van der Waals surface area (Å²) in [5.74, 6) is -1.36. The topological polar surface area (TPSA) is 33.6 Å². The molecule has 0 aliphatic heterocycles. The summed E-state index contributed by atoms with van der Waals surface area (Å²) < 4.78 is 34.7. The molecule has 0 aliphatic carbocycles. The molecule has 0 N–H and O–H groups in total. The number of aromatic nitrogens is 2. The lowest BCUT2D eigenvalue weighted by molar-refractivity contribution is 0.589. The van der Waals surface area contributed by atoms with Gasteiger partial charge in [0.15, 0.2) is 0 Å². The van der Waals surface area contributed by atoms with Gasteiger partial charge in [-0.25, -0.2) is 8.78 Å². The fraction of sp³-hybridized carbons (Fsp3) is 0. The number of halogens is 2. The normalized spacial score (nSPS) is 11.5. The summed E-state index contributed by atoms with van der Waals surface area (Å²) in [6.07, 6.45) is 0. The average molecular weight is 622 g/mol. The van der Waals surface area contributed by atoms with Gasteiger partial charge in [0, 0.05) is 32.8 Å². The summed E-state index contributed by atoms with van der Waals surface area (Å²) >= 11 is 0. The lowest BCUT2D eigenvalue weighted by Gasteiger charge is -2.16. The highest BCUT2D eigenvalue weighted by Crippen LogP contribution is 2.40. The van der Waals surface area contributed by atoms with Crippen LogP contribution in [0.25, 0.3) is 77.2 Å². The second kappa shape index (κ2) is 10.8. The predicted molar refractivity (Wildman–Crippen MR) is 191 cm³/mol. The van der Waals surface area contributed by atoms with Crippen LogP contribution in [0.3, 0.4) is 0 Å². The molecular weight excluding hydrogens is 596 g/mol. The van der Waals surface area contributed by atoms with Gasteiger partial charge in [-0.05, 0) is 83.9 Å². The SMILES string of the molecule is N#Cc1ccc(-n2c3ccccc3c3cc(-c4ccc(-n5c6ccccc6c6ccccc65)cc4)ccc32)c(-c2c(F)cccc2F)c1. The number of hydrogen-bond donors (Lipinski definition) is 0. The van der Waals surface area contributed by atoms with Gasteiger partial charge in [-0.3, -0.25) is 0 Å².